The highest BCUT2D eigenvalue weighted by molar-refractivity contribution is 7.46. The van der Waals surface area contributed by atoms with Gasteiger partial charge in [0.15, 0.2) is 6.10 Å². The van der Waals surface area contributed by atoms with Crippen molar-refractivity contribution >= 4 is 19.8 Å². The fraction of sp³-hybridized carbons (Fsp3) is 0.814. The van der Waals surface area contributed by atoms with E-state index in [2.05, 4.69) is 54.8 Å². The van der Waals surface area contributed by atoms with E-state index in [1.54, 1.807) is 0 Å². The lowest BCUT2D eigenvalue weighted by Gasteiger charge is -2.18. The monoisotopic (exact) mass is 755 g/mol. The topological polar surface area (TPSA) is 119 Å². The van der Waals surface area contributed by atoms with Gasteiger partial charge in [0, 0.05) is 12.8 Å². The van der Waals surface area contributed by atoms with E-state index < -0.39 is 32.5 Å². The zero-order valence-electron chi connectivity index (χ0n) is 33.5. The number of allylic oxidation sites excluding steroid dienone is 6. The summed E-state index contributed by atoms with van der Waals surface area (Å²) in [6, 6.07) is 0. The highest BCUT2D eigenvalue weighted by Crippen LogP contribution is 2.36. The van der Waals surface area contributed by atoms with Crippen LogP contribution in [0.4, 0.5) is 0 Å². The van der Waals surface area contributed by atoms with Gasteiger partial charge in [0.2, 0.25) is 0 Å². The van der Waals surface area contributed by atoms with E-state index in [1.807, 2.05) is 0 Å². The molecule has 0 bridgehead atoms. The number of unbranched alkanes of at least 4 members (excludes halogenated alkanes) is 23. The predicted molar refractivity (Wildman–Crippen MR) is 216 cm³/mol. The van der Waals surface area contributed by atoms with Crippen molar-refractivity contribution in [2.45, 2.75) is 213 Å². The smallest absolute Gasteiger partial charge is 0.462 e. The van der Waals surface area contributed by atoms with E-state index in [0.717, 1.165) is 64.2 Å². The van der Waals surface area contributed by atoms with E-state index >= 15 is 0 Å². The summed E-state index contributed by atoms with van der Waals surface area (Å²) < 4.78 is 26.3. The van der Waals surface area contributed by atoms with Crippen molar-refractivity contribution in [3.63, 3.8) is 0 Å². The third-order valence-corrected chi connectivity index (χ3v) is 9.59. The normalized spacial score (nSPS) is 12.8. The molecule has 0 heterocycles. The first-order valence-electron chi connectivity index (χ1n) is 21.3. The van der Waals surface area contributed by atoms with Gasteiger partial charge in [0.25, 0.3) is 0 Å². The third kappa shape index (κ3) is 41.0. The van der Waals surface area contributed by atoms with Crippen LogP contribution >= 0.6 is 7.82 Å². The Kier molecular flexibility index (Phi) is 37.7. The summed E-state index contributed by atoms with van der Waals surface area (Å²) in [5.74, 6) is -0.943. The van der Waals surface area contributed by atoms with Crippen LogP contribution in [-0.4, -0.2) is 41.0 Å². The number of ether oxygens (including phenoxy) is 2. The molecule has 304 valence electrons. The fourth-order valence-electron chi connectivity index (χ4n) is 5.90. The third-order valence-electron chi connectivity index (χ3n) is 9.11. The Bertz CT molecular complexity index is 941. The minimum absolute atomic E-state index is 0.151. The second kappa shape index (κ2) is 39.0. The molecule has 0 fully saturated rings. The van der Waals surface area contributed by atoms with Gasteiger partial charge in [-0.25, -0.2) is 4.57 Å². The van der Waals surface area contributed by atoms with Crippen molar-refractivity contribution in [2.75, 3.05) is 13.2 Å². The van der Waals surface area contributed by atoms with E-state index in [0.29, 0.717) is 12.8 Å². The Balaban J connectivity index is 3.91. The molecule has 8 nitrogen and oxygen atoms in total. The number of hydrogen-bond acceptors (Lipinski definition) is 6. The summed E-state index contributed by atoms with van der Waals surface area (Å²) in [6.45, 7) is 3.61. The maximum absolute atomic E-state index is 12.4. The molecular weight excluding hydrogens is 675 g/mol. The van der Waals surface area contributed by atoms with Crippen LogP contribution < -0.4 is 0 Å². The van der Waals surface area contributed by atoms with Crippen LogP contribution in [0, 0.1) is 0 Å². The maximum Gasteiger partial charge on any atom is 0.469 e. The van der Waals surface area contributed by atoms with Crippen molar-refractivity contribution in [3.05, 3.63) is 36.5 Å². The van der Waals surface area contributed by atoms with Gasteiger partial charge >= 0.3 is 19.8 Å². The van der Waals surface area contributed by atoms with E-state index in [9.17, 15) is 14.2 Å². The van der Waals surface area contributed by atoms with Gasteiger partial charge in [-0.3, -0.25) is 14.1 Å². The highest BCUT2D eigenvalue weighted by Gasteiger charge is 2.22. The van der Waals surface area contributed by atoms with Crippen molar-refractivity contribution < 1.29 is 37.9 Å². The number of carbonyl (C=O) groups excluding carboxylic acids is 2. The van der Waals surface area contributed by atoms with Crippen LogP contribution in [0.15, 0.2) is 36.5 Å². The highest BCUT2D eigenvalue weighted by atomic mass is 31.2. The molecule has 9 heteroatoms. The quantitative estimate of drug-likeness (QED) is 0.0275. The molecule has 0 spiro atoms. The van der Waals surface area contributed by atoms with Crippen molar-refractivity contribution in [1.29, 1.82) is 0 Å². The molecule has 0 aromatic carbocycles. The molecule has 0 aliphatic heterocycles. The van der Waals surface area contributed by atoms with Crippen LogP contribution in [0.1, 0.15) is 206 Å². The number of esters is 2. The number of carbonyl (C=O) groups is 2. The Morgan fingerprint density at radius 3 is 1.35 bits per heavy atom. The number of phosphoric ester groups is 1. The minimum atomic E-state index is -4.76. The molecule has 1 atom stereocenters. The summed E-state index contributed by atoms with van der Waals surface area (Å²) in [5.41, 5.74) is 0. The van der Waals surface area contributed by atoms with Gasteiger partial charge < -0.3 is 19.3 Å². The van der Waals surface area contributed by atoms with E-state index in [-0.39, 0.29) is 19.4 Å². The SMILES string of the molecule is CCCC/C=C/CCCCCCCC(=O)OC[C@H](COP(=O)(O)O)OC(=O)CCC/C=C/CC/C=C/CCCCCCCCCCCCCCCC. The van der Waals surface area contributed by atoms with Gasteiger partial charge in [-0.05, 0) is 64.2 Å². The van der Waals surface area contributed by atoms with Crippen LogP contribution in [0.25, 0.3) is 0 Å². The summed E-state index contributed by atoms with van der Waals surface area (Å²) in [6.07, 6.45) is 46.1. The average molecular weight is 755 g/mol. The minimum Gasteiger partial charge on any atom is -0.462 e. The van der Waals surface area contributed by atoms with E-state index in [1.165, 1.54) is 103 Å². The van der Waals surface area contributed by atoms with Gasteiger partial charge in [-0.1, -0.05) is 166 Å². The van der Waals surface area contributed by atoms with Crippen LogP contribution in [0.2, 0.25) is 0 Å². The van der Waals surface area contributed by atoms with Crippen LogP contribution in [0.3, 0.4) is 0 Å². The molecule has 0 aliphatic carbocycles. The molecule has 0 radical (unpaired) electrons. The molecule has 0 saturated carbocycles. The molecule has 0 unspecified atom stereocenters. The number of hydrogen-bond donors (Lipinski definition) is 2. The summed E-state index contributed by atoms with van der Waals surface area (Å²) in [7, 11) is -4.76. The summed E-state index contributed by atoms with van der Waals surface area (Å²) >= 11 is 0. The summed E-state index contributed by atoms with van der Waals surface area (Å²) in [4.78, 5) is 42.7. The largest absolute Gasteiger partial charge is 0.469 e. The Labute approximate surface area is 319 Å². The molecular formula is C43H79O8P. The Morgan fingerprint density at radius 1 is 0.481 bits per heavy atom. The first kappa shape index (κ1) is 50.3. The standard InChI is InChI=1S/C43H79O8P/c1-3-5-7-9-11-13-15-16-17-18-19-20-21-22-23-24-25-26-28-30-32-34-36-38-43(45)51-41(40-50-52(46,47)48)39-49-42(44)37-35-33-31-29-27-14-12-10-8-6-4-2/h10,12,24-25,30,32,41H,3-9,11,13-23,26-29,31,33-40H2,1-2H3,(H2,46,47,48)/b12-10+,25-24+,32-30+/t41-/m1/s1. The average Bonchev–Trinajstić information content (AvgIpc) is 3.11. The molecule has 0 rings (SSSR count). The first-order chi connectivity index (χ1) is 25.3. The van der Waals surface area contributed by atoms with Gasteiger partial charge in [-0.15, -0.1) is 0 Å². The predicted octanol–water partition coefficient (Wildman–Crippen LogP) is 13.0. The Morgan fingerprint density at radius 2 is 0.865 bits per heavy atom. The van der Waals surface area contributed by atoms with Crippen molar-refractivity contribution in [2.24, 2.45) is 0 Å². The van der Waals surface area contributed by atoms with Crippen LogP contribution in [-0.2, 0) is 28.2 Å². The zero-order chi connectivity index (χ0) is 38.2. The second-order valence-corrected chi connectivity index (χ2v) is 15.5. The van der Waals surface area contributed by atoms with Crippen molar-refractivity contribution in [3.8, 4) is 0 Å². The lowest BCUT2D eigenvalue weighted by atomic mass is 10.0. The lowest BCUT2D eigenvalue weighted by Crippen LogP contribution is -2.29. The van der Waals surface area contributed by atoms with Gasteiger partial charge in [-0.2, -0.15) is 0 Å². The number of rotatable bonds is 39. The van der Waals surface area contributed by atoms with Crippen LogP contribution in [0.5, 0.6) is 0 Å². The number of phosphoric acid groups is 1. The van der Waals surface area contributed by atoms with Gasteiger partial charge in [0.1, 0.15) is 6.61 Å². The molecule has 52 heavy (non-hydrogen) atoms. The molecule has 0 aromatic heterocycles. The molecule has 0 aromatic rings. The summed E-state index contributed by atoms with van der Waals surface area (Å²) in [5, 5.41) is 0. The maximum atomic E-state index is 12.4. The molecule has 0 aliphatic rings. The lowest BCUT2D eigenvalue weighted by molar-refractivity contribution is -0.161. The zero-order valence-corrected chi connectivity index (χ0v) is 34.4. The second-order valence-electron chi connectivity index (χ2n) is 14.3. The molecule has 2 N–H and O–H groups in total. The molecule has 0 amide bonds. The molecule has 0 saturated heterocycles. The first-order valence-corrected chi connectivity index (χ1v) is 22.8. The van der Waals surface area contributed by atoms with Gasteiger partial charge in [0.05, 0.1) is 6.61 Å². The fourth-order valence-corrected chi connectivity index (χ4v) is 6.26. The van der Waals surface area contributed by atoms with Crippen molar-refractivity contribution in [1.82, 2.24) is 0 Å². The Hall–Kier alpha value is -1.73. The van der Waals surface area contributed by atoms with E-state index in [4.69, 9.17) is 19.3 Å².